The fourth-order valence-electron chi connectivity index (χ4n) is 1.99. The van der Waals surface area contributed by atoms with Gasteiger partial charge in [0.15, 0.2) is 0 Å². The molecule has 6 heteroatoms. The van der Waals surface area contributed by atoms with Crippen molar-refractivity contribution >= 4 is 11.6 Å². The second kappa shape index (κ2) is 7.99. The van der Waals surface area contributed by atoms with Crippen LogP contribution in [0.5, 0.6) is 17.2 Å². The highest BCUT2D eigenvalue weighted by atomic mass is 16.5. The van der Waals surface area contributed by atoms with Crippen molar-refractivity contribution in [3.63, 3.8) is 0 Å². The predicted molar refractivity (Wildman–Crippen MR) is 91.1 cm³/mol. The number of benzene rings is 2. The number of nitrogens with two attached hydrogens (primary N) is 1. The summed E-state index contributed by atoms with van der Waals surface area (Å²) in [5, 5.41) is 11.7. The van der Waals surface area contributed by atoms with Crippen molar-refractivity contribution in [2.45, 2.75) is 19.4 Å². The number of anilines is 1. The first-order chi connectivity index (χ1) is 11.6. The monoisotopic (exact) mass is 325 g/mol. The van der Waals surface area contributed by atoms with E-state index in [4.69, 9.17) is 20.5 Å². The second-order valence-electron chi connectivity index (χ2n) is 5.10. The molecule has 1 atom stereocenters. The molecule has 2 rings (SSSR count). The first-order valence-corrected chi connectivity index (χ1v) is 7.50. The van der Waals surface area contributed by atoms with E-state index in [1.54, 1.807) is 42.5 Å². The van der Waals surface area contributed by atoms with Crippen molar-refractivity contribution < 1.29 is 14.3 Å². The standard InChI is InChI=1S/C18H19N3O3/c1-3-16(20)18(22)21-13-5-8-14(9-6-13)24-15-7-4-12(11-19)17(10-15)23-2/h4-10,16H,3,20H2,1-2H3,(H,21,22)/t16-/m1/s1. The topological polar surface area (TPSA) is 97.4 Å². The molecule has 3 N–H and O–H groups in total. The number of rotatable bonds is 6. The van der Waals surface area contributed by atoms with E-state index >= 15 is 0 Å². The van der Waals surface area contributed by atoms with E-state index in [1.807, 2.05) is 13.0 Å². The number of nitrogens with one attached hydrogen (secondary N) is 1. The minimum absolute atomic E-state index is 0.219. The number of hydrogen-bond donors (Lipinski definition) is 2. The largest absolute Gasteiger partial charge is 0.495 e. The van der Waals surface area contributed by atoms with Crippen molar-refractivity contribution in [1.29, 1.82) is 5.26 Å². The lowest BCUT2D eigenvalue weighted by Gasteiger charge is -2.11. The molecule has 0 heterocycles. The van der Waals surface area contributed by atoms with Crippen molar-refractivity contribution in [2.75, 3.05) is 12.4 Å². The number of carbonyl (C=O) groups is 1. The van der Waals surface area contributed by atoms with Crippen molar-refractivity contribution in [3.05, 3.63) is 48.0 Å². The molecule has 0 saturated carbocycles. The van der Waals surface area contributed by atoms with E-state index in [0.29, 0.717) is 34.9 Å². The number of methoxy groups -OCH3 is 1. The van der Waals surface area contributed by atoms with Gasteiger partial charge in [-0.15, -0.1) is 0 Å². The van der Waals surface area contributed by atoms with Crippen LogP contribution in [-0.2, 0) is 4.79 Å². The van der Waals surface area contributed by atoms with Crippen LogP contribution in [0.3, 0.4) is 0 Å². The average Bonchev–Trinajstić information content (AvgIpc) is 2.62. The van der Waals surface area contributed by atoms with Gasteiger partial charge in [0.25, 0.3) is 0 Å². The molecule has 0 radical (unpaired) electrons. The third-order valence-corrected chi connectivity index (χ3v) is 3.43. The number of carbonyl (C=O) groups excluding carboxylic acids is 1. The zero-order valence-corrected chi connectivity index (χ0v) is 13.6. The van der Waals surface area contributed by atoms with Crippen LogP contribution in [-0.4, -0.2) is 19.1 Å². The van der Waals surface area contributed by atoms with Gasteiger partial charge >= 0.3 is 0 Å². The molecule has 0 aromatic heterocycles. The van der Waals surface area contributed by atoms with Crippen molar-refractivity contribution in [3.8, 4) is 23.3 Å². The van der Waals surface area contributed by atoms with Gasteiger partial charge in [0.2, 0.25) is 5.91 Å². The lowest BCUT2D eigenvalue weighted by molar-refractivity contribution is -0.117. The zero-order valence-electron chi connectivity index (χ0n) is 13.6. The molecular formula is C18H19N3O3. The molecule has 0 aliphatic rings. The van der Waals surface area contributed by atoms with Gasteiger partial charge < -0.3 is 20.5 Å². The summed E-state index contributed by atoms with van der Waals surface area (Å²) < 4.78 is 10.9. The van der Waals surface area contributed by atoms with Gasteiger partial charge in [0, 0.05) is 11.8 Å². The van der Waals surface area contributed by atoms with Crippen molar-refractivity contribution in [2.24, 2.45) is 5.73 Å². The first-order valence-electron chi connectivity index (χ1n) is 7.50. The Balaban J connectivity index is 2.07. The third-order valence-electron chi connectivity index (χ3n) is 3.43. The maximum atomic E-state index is 11.7. The number of ether oxygens (including phenoxy) is 2. The Labute approximate surface area is 140 Å². The molecule has 0 bridgehead atoms. The molecule has 24 heavy (non-hydrogen) atoms. The Morgan fingerprint density at radius 1 is 1.25 bits per heavy atom. The maximum Gasteiger partial charge on any atom is 0.241 e. The molecule has 1 amide bonds. The molecule has 124 valence electrons. The Bertz CT molecular complexity index is 751. The number of nitriles is 1. The molecule has 0 unspecified atom stereocenters. The van der Waals surface area contributed by atoms with Gasteiger partial charge in [-0.3, -0.25) is 4.79 Å². The van der Waals surface area contributed by atoms with Crippen LogP contribution in [0.4, 0.5) is 5.69 Å². The quantitative estimate of drug-likeness (QED) is 0.850. The average molecular weight is 325 g/mol. The molecule has 6 nitrogen and oxygen atoms in total. The lowest BCUT2D eigenvalue weighted by atomic mass is 10.2. The van der Waals surface area contributed by atoms with Crippen LogP contribution in [0.25, 0.3) is 0 Å². The lowest BCUT2D eigenvalue weighted by Crippen LogP contribution is -2.34. The summed E-state index contributed by atoms with van der Waals surface area (Å²) in [6.45, 7) is 1.85. The van der Waals surface area contributed by atoms with Crippen molar-refractivity contribution in [1.82, 2.24) is 0 Å². The van der Waals surface area contributed by atoms with E-state index in [9.17, 15) is 4.79 Å². The summed E-state index contributed by atoms with van der Waals surface area (Å²) in [4.78, 5) is 11.7. The molecule has 2 aromatic rings. The number of hydrogen-bond acceptors (Lipinski definition) is 5. The SMILES string of the molecule is CC[C@@H](N)C(=O)Nc1ccc(Oc2ccc(C#N)c(OC)c2)cc1. The van der Waals surface area contributed by atoms with Gasteiger partial charge in [-0.1, -0.05) is 6.92 Å². The molecule has 0 aliphatic heterocycles. The molecule has 0 fully saturated rings. The molecule has 2 aromatic carbocycles. The Hall–Kier alpha value is -3.04. The van der Waals surface area contributed by atoms with Gasteiger partial charge in [0.05, 0.1) is 18.7 Å². The second-order valence-corrected chi connectivity index (χ2v) is 5.10. The van der Waals surface area contributed by atoms with E-state index in [2.05, 4.69) is 5.32 Å². The van der Waals surface area contributed by atoms with E-state index in [0.717, 1.165) is 0 Å². The van der Waals surface area contributed by atoms with Gasteiger partial charge in [-0.25, -0.2) is 0 Å². The fraction of sp³-hybridized carbons (Fsp3) is 0.222. The summed E-state index contributed by atoms with van der Waals surface area (Å²) in [5.74, 6) is 1.38. The summed E-state index contributed by atoms with van der Waals surface area (Å²) >= 11 is 0. The minimum Gasteiger partial charge on any atom is -0.495 e. The Morgan fingerprint density at radius 3 is 2.50 bits per heavy atom. The maximum absolute atomic E-state index is 11.7. The Kier molecular flexibility index (Phi) is 5.77. The first kappa shape index (κ1) is 17.3. The summed E-state index contributed by atoms with van der Waals surface area (Å²) in [6, 6.07) is 13.4. The Morgan fingerprint density at radius 2 is 1.92 bits per heavy atom. The van der Waals surface area contributed by atoms with Gasteiger partial charge in [0.1, 0.15) is 23.3 Å². The van der Waals surface area contributed by atoms with E-state index < -0.39 is 6.04 Å². The third kappa shape index (κ3) is 4.24. The van der Waals surface area contributed by atoms with Crippen LogP contribution in [0.15, 0.2) is 42.5 Å². The smallest absolute Gasteiger partial charge is 0.241 e. The van der Waals surface area contributed by atoms with Gasteiger partial charge in [-0.05, 0) is 42.8 Å². The highest BCUT2D eigenvalue weighted by molar-refractivity contribution is 5.94. The predicted octanol–water partition coefficient (Wildman–Crippen LogP) is 3.03. The summed E-state index contributed by atoms with van der Waals surface area (Å²) in [7, 11) is 1.50. The van der Waals surface area contributed by atoms with E-state index in [1.165, 1.54) is 7.11 Å². The highest BCUT2D eigenvalue weighted by Gasteiger charge is 2.11. The van der Waals surface area contributed by atoms with Crippen LogP contribution >= 0.6 is 0 Å². The normalized spacial score (nSPS) is 11.2. The highest BCUT2D eigenvalue weighted by Crippen LogP contribution is 2.28. The molecule has 0 spiro atoms. The van der Waals surface area contributed by atoms with Crippen LogP contribution in [0.1, 0.15) is 18.9 Å². The van der Waals surface area contributed by atoms with Gasteiger partial charge in [-0.2, -0.15) is 5.26 Å². The molecule has 0 aliphatic carbocycles. The number of nitrogens with zero attached hydrogens (tertiary/aromatic N) is 1. The number of amides is 1. The fourth-order valence-corrected chi connectivity index (χ4v) is 1.99. The summed E-state index contributed by atoms with van der Waals surface area (Å²) in [6.07, 6.45) is 0.577. The van der Waals surface area contributed by atoms with Crippen LogP contribution in [0, 0.1) is 11.3 Å². The van der Waals surface area contributed by atoms with Crippen LogP contribution in [0.2, 0.25) is 0 Å². The summed E-state index contributed by atoms with van der Waals surface area (Å²) in [5.41, 5.74) is 6.76. The molecular weight excluding hydrogens is 306 g/mol. The van der Waals surface area contributed by atoms with E-state index in [-0.39, 0.29) is 5.91 Å². The molecule has 0 saturated heterocycles. The minimum atomic E-state index is -0.521. The zero-order chi connectivity index (χ0) is 17.5. The van der Waals surface area contributed by atoms with Crippen LogP contribution < -0.4 is 20.5 Å².